The van der Waals surface area contributed by atoms with Crippen molar-refractivity contribution in [1.29, 1.82) is 0 Å². The average molecular weight is 429 g/mol. The van der Waals surface area contributed by atoms with E-state index in [1.54, 1.807) is 49.4 Å². The number of carbonyl (C=O) groups excluding carboxylic acids is 2. The third-order valence-corrected chi connectivity index (χ3v) is 4.05. The molecule has 2 amide bonds. The molecule has 0 fully saturated rings. The average Bonchev–Trinajstić information content (AvgIpc) is 2.49. The van der Waals surface area contributed by atoms with E-state index in [0.717, 1.165) is 3.57 Å². The summed E-state index contributed by atoms with van der Waals surface area (Å²) in [5.41, 5.74) is 1.92. The minimum Gasteiger partial charge on any atom is -0.326 e. The van der Waals surface area contributed by atoms with Crippen molar-refractivity contribution >= 4 is 57.4 Å². The highest BCUT2D eigenvalue weighted by atomic mass is 127. The number of halogens is 2. The summed E-state index contributed by atoms with van der Waals surface area (Å²) < 4.78 is 0.787. The van der Waals surface area contributed by atoms with Gasteiger partial charge in [-0.05, 0) is 65.1 Å². The number of amides is 2. The van der Waals surface area contributed by atoms with Crippen LogP contribution in [0.15, 0.2) is 42.5 Å². The zero-order chi connectivity index (χ0) is 16.1. The lowest BCUT2D eigenvalue weighted by Gasteiger charge is -2.09. The Morgan fingerprint density at radius 1 is 1.05 bits per heavy atom. The van der Waals surface area contributed by atoms with Gasteiger partial charge in [-0.25, -0.2) is 0 Å². The molecule has 0 radical (unpaired) electrons. The fourth-order valence-corrected chi connectivity index (χ4v) is 2.87. The Labute approximate surface area is 147 Å². The Bertz CT molecular complexity index is 702. The topological polar surface area (TPSA) is 58.2 Å². The molecule has 22 heavy (non-hydrogen) atoms. The van der Waals surface area contributed by atoms with Crippen molar-refractivity contribution in [2.24, 2.45) is 0 Å². The highest BCUT2D eigenvalue weighted by molar-refractivity contribution is 14.1. The van der Waals surface area contributed by atoms with Crippen LogP contribution in [0.3, 0.4) is 0 Å². The molecule has 2 N–H and O–H groups in total. The van der Waals surface area contributed by atoms with Gasteiger partial charge in [0.25, 0.3) is 5.91 Å². The number of hydrogen-bond donors (Lipinski definition) is 2. The van der Waals surface area contributed by atoms with Gasteiger partial charge in [0, 0.05) is 26.4 Å². The number of benzene rings is 2. The second-order valence-corrected chi connectivity index (χ2v) is 6.16. The van der Waals surface area contributed by atoms with Crippen molar-refractivity contribution in [3.05, 3.63) is 56.6 Å². The van der Waals surface area contributed by atoms with Crippen LogP contribution < -0.4 is 10.6 Å². The molecule has 0 aliphatic heterocycles. The van der Waals surface area contributed by atoms with Crippen LogP contribution in [0.5, 0.6) is 0 Å². The molecule has 0 spiro atoms. The minimum absolute atomic E-state index is 0.0486. The van der Waals surface area contributed by atoms with E-state index in [1.807, 2.05) is 0 Å². The van der Waals surface area contributed by atoms with E-state index in [2.05, 4.69) is 33.2 Å². The predicted octanol–water partition coefficient (Wildman–Crippen LogP) is 4.55. The first-order valence-corrected chi connectivity index (χ1v) is 8.11. The van der Waals surface area contributed by atoms with E-state index in [4.69, 9.17) is 11.6 Å². The van der Waals surface area contributed by atoms with Gasteiger partial charge in [0.15, 0.2) is 0 Å². The molecule has 6 heteroatoms. The van der Waals surface area contributed by atoms with Crippen molar-refractivity contribution < 1.29 is 9.59 Å². The molecule has 2 rings (SSSR count). The van der Waals surface area contributed by atoms with Gasteiger partial charge < -0.3 is 10.6 Å². The summed E-state index contributed by atoms with van der Waals surface area (Å²) in [6.07, 6.45) is 0.424. The highest BCUT2D eigenvalue weighted by Gasteiger charge is 2.10. The smallest absolute Gasteiger partial charge is 0.256 e. The van der Waals surface area contributed by atoms with Crippen LogP contribution in [0.1, 0.15) is 23.7 Å². The van der Waals surface area contributed by atoms with Gasteiger partial charge in [0.2, 0.25) is 5.91 Å². The molecule has 0 aliphatic carbocycles. The lowest BCUT2D eigenvalue weighted by molar-refractivity contribution is -0.115. The molecular weight excluding hydrogens is 415 g/mol. The monoisotopic (exact) mass is 428 g/mol. The largest absolute Gasteiger partial charge is 0.326 e. The zero-order valence-electron chi connectivity index (χ0n) is 11.8. The van der Waals surface area contributed by atoms with Crippen molar-refractivity contribution in [3.63, 3.8) is 0 Å². The van der Waals surface area contributed by atoms with E-state index < -0.39 is 0 Å². The van der Waals surface area contributed by atoms with Gasteiger partial charge in [-0.3, -0.25) is 9.59 Å². The molecule has 114 valence electrons. The predicted molar refractivity (Wildman–Crippen MR) is 97.5 cm³/mol. The number of rotatable bonds is 4. The summed E-state index contributed by atoms with van der Waals surface area (Å²) in [4.78, 5) is 23.5. The summed E-state index contributed by atoms with van der Waals surface area (Å²) >= 11 is 7.96. The van der Waals surface area contributed by atoms with E-state index in [1.165, 1.54) is 0 Å². The van der Waals surface area contributed by atoms with Crippen molar-refractivity contribution in [3.8, 4) is 0 Å². The second-order valence-electron chi connectivity index (χ2n) is 4.56. The first-order chi connectivity index (χ1) is 10.5. The van der Waals surface area contributed by atoms with E-state index >= 15 is 0 Å². The molecule has 0 heterocycles. The van der Waals surface area contributed by atoms with Crippen LogP contribution in [0.4, 0.5) is 11.4 Å². The molecule has 0 saturated carbocycles. The fourth-order valence-electron chi connectivity index (χ4n) is 1.76. The van der Waals surface area contributed by atoms with Crippen LogP contribution in [-0.4, -0.2) is 11.8 Å². The van der Waals surface area contributed by atoms with Crippen molar-refractivity contribution in [2.45, 2.75) is 13.3 Å². The van der Waals surface area contributed by atoms with Gasteiger partial charge in [-0.1, -0.05) is 18.5 Å². The van der Waals surface area contributed by atoms with E-state index in [0.29, 0.717) is 28.4 Å². The number of hydrogen-bond acceptors (Lipinski definition) is 2. The maximum absolute atomic E-state index is 12.2. The number of anilines is 2. The molecule has 0 atom stereocenters. The molecule has 0 bridgehead atoms. The molecular formula is C16H14ClIN2O2. The van der Waals surface area contributed by atoms with E-state index in [-0.39, 0.29) is 11.8 Å². The first-order valence-electron chi connectivity index (χ1n) is 6.66. The maximum atomic E-state index is 12.2. The Balaban J connectivity index is 2.07. The van der Waals surface area contributed by atoms with Gasteiger partial charge in [-0.15, -0.1) is 0 Å². The molecule has 0 aromatic heterocycles. The van der Waals surface area contributed by atoms with Crippen LogP contribution in [-0.2, 0) is 4.79 Å². The van der Waals surface area contributed by atoms with Crippen LogP contribution in [0.25, 0.3) is 0 Å². The maximum Gasteiger partial charge on any atom is 0.256 e. The summed E-state index contributed by atoms with van der Waals surface area (Å²) in [5, 5.41) is 6.16. The summed E-state index contributed by atoms with van der Waals surface area (Å²) in [6, 6.07) is 12.1. The lowest BCUT2D eigenvalue weighted by Crippen LogP contribution is -2.13. The molecule has 2 aromatic rings. The molecule has 0 saturated heterocycles. The first kappa shape index (κ1) is 16.8. The quantitative estimate of drug-likeness (QED) is 0.702. The molecule has 0 aliphatic rings. The zero-order valence-corrected chi connectivity index (χ0v) is 14.7. The standard InChI is InChI=1S/C16H14ClIN2O2/c1-2-15(21)19-11-4-6-12(7-5-11)20-16(22)13-8-3-10(17)9-14(13)18/h3-9H,2H2,1H3,(H,19,21)(H,20,22). The summed E-state index contributed by atoms with van der Waals surface area (Å²) in [6.45, 7) is 1.79. The summed E-state index contributed by atoms with van der Waals surface area (Å²) in [7, 11) is 0. The summed E-state index contributed by atoms with van der Waals surface area (Å²) in [5.74, 6) is -0.251. The van der Waals surface area contributed by atoms with Crippen LogP contribution in [0.2, 0.25) is 5.02 Å². The Kier molecular flexibility index (Phi) is 5.79. The van der Waals surface area contributed by atoms with Gasteiger partial charge in [0.1, 0.15) is 0 Å². The molecule has 2 aromatic carbocycles. The Hall–Kier alpha value is -1.60. The third kappa shape index (κ3) is 4.45. The van der Waals surface area contributed by atoms with Gasteiger partial charge in [-0.2, -0.15) is 0 Å². The second kappa shape index (κ2) is 7.60. The van der Waals surface area contributed by atoms with Gasteiger partial charge in [0.05, 0.1) is 5.56 Å². The SMILES string of the molecule is CCC(=O)Nc1ccc(NC(=O)c2ccc(Cl)cc2I)cc1. The van der Waals surface area contributed by atoms with Crippen LogP contribution >= 0.6 is 34.2 Å². The third-order valence-electron chi connectivity index (χ3n) is 2.92. The molecule has 0 unspecified atom stereocenters. The lowest BCUT2D eigenvalue weighted by atomic mass is 10.2. The fraction of sp³-hybridized carbons (Fsp3) is 0.125. The van der Waals surface area contributed by atoms with Crippen molar-refractivity contribution in [1.82, 2.24) is 0 Å². The molecule has 4 nitrogen and oxygen atoms in total. The Morgan fingerprint density at radius 2 is 1.64 bits per heavy atom. The number of carbonyl (C=O) groups is 2. The normalized spacial score (nSPS) is 10.1. The number of nitrogens with one attached hydrogen (secondary N) is 2. The Morgan fingerprint density at radius 3 is 2.18 bits per heavy atom. The van der Waals surface area contributed by atoms with E-state index in [9.17, 15) is 9.59 Å². The highest BCUT2D eigenvalue weighted by Crippen LogP contribution is 2.20. The minimum atomic E-state index is -0.202. The van der Waals surface area contributed by atoms with Gasteiger partial charge >= 0.3 is 0 Å². The van der Waals surface area contributed by atoms with Crippen molar-refractivity contribution in [2.75, 3.05) is 10.6 Å². The van der Waals surface area contributed by atoms with Crippen LogP contribution in [0, 0.1) is 3.57 Å².